The topological polar surface area (TPSA) is 96.0 Å². The number of piperidine rings is 1. The summed E-state index contributed by atoms with van der Waals surface area (Å²) in [6.07, 6.45) is 0.991. The molecule has 1 aliphatic rings. The molecular weight excluding hydrogens is 464 g/mol. The highest BCUT2D eigenvalue weighted by atomic mass is 35.5. The van der Waals surface area contributed by atoms with Crippen LogP contribution in [0.15, 0.2) is 18.2 Å². The smallest absolute Gasteiger partial charge is 0.410 e. The number of benzene rings is 1. The minimum Gasteiger partial charge on any atom is -0.445 e. The van der Waals surface area contributed by atoms with Crippen LogP contribution >= 0.6 is 23.2 Å². The summed E-state index contributed by atoms with van der Waals surface area (Å²) >= 11 is 11.9. The van der Waals surface area contributed by atoms with Crippen LogP contribution in [-0.2, 0) is 25.7 Å². The summed E-state index contributed by atoms with van der Waals surface area (Å²) in [4.78, 5) is 51.8. The SMILES string of the molecule is CCNC(=O)CN(CC(=O)CF)C(=O)C1CCCCN1C(=O)OCc1ccc(Cl)c(Cl)c1. The maximum absolute atomic E-state index is 13.2. The number of ketones is 1. The van der Waals surface area contributed by atoms with Gasteiger partial charge in [0.2, 0.25) is 11.8 Å². The zero-order valence-electron chi connectivity index (χ0n) is 17.7. The third-order valence-electron chi connectivity index (χ3n) is 4.91. The molecule has 1 aliphatic heterocycles. The van der Waals surface area contributed by atoms with E-state index < -0.39 is 49.5 Å². The van der Waals surface area contributed by atoms with Crippen molar-refractivity contribution in [1.29, 1.82) is 0 Å². The first kappa shape index (κ1) is 25.9. The Balaban J connectivity index is 2.11. The Morgan fingerprint density at radius 2 is 1.94 bits per heavy atom. The molecule has 8 nitrogen and oxygen atoms in total. The van der Waals surface area contributed by atoms with E-state index in [9.17, 15) is 23.6 Å². The zero-order chi connectivity index (χ0) is 23.7. The molecular formula is C21H26Cl2FN3O5. The van der Waals surface area contributed by atoms with E-state index in [1.165, 1.54) is 4.90 Å². The van der Waals surface area contributed by atoms with Crippen LogP contribution in [0.1, 0.15) is 31.7 Å². The van der Waals surface area contributed by atoms with Crippen molar-refractivity contribution in [2.24, 2.45) is 0 Å². The van der Waals surface area contributed by atoms with Gasteiger partial charge in [0.15, 0.2) is 5.78 Å². The highest BCUT2D eigenvalue weighted by Crippen LogP contribution is 2.24. The fourth-order valence-corrected chi connectivity index (χ4v) is 3.69. The highest BCUT2D eigenvalue weighted by molar-refractivity contribution is 6.42. The number of rotatable bonds is 9. The van der Waals surface area contributed by atoms with Gasteiger partial charge in [0.25, 0.3) is 0 Å². The predicted octanol–water partition coefficient (Wildman–Crippen LogP) is 2.99. The number of carbonyl (C=O) groups excluding carboxylic acids is 4. The second kappa shape index (κ2) is 12.6. The van der Waals surface area contributed by atoms with Gasteiger partial charge in [0.1, 0.15) is 25.9 Å². The monoisotopic (exact) mass is 489 g/mol. The van der Waals surface area contributed by atoms with Crippen LogP contribution in [0.5, 0.6) is 0 Å². The van der Waals surface area contributed by atoms with Gasteiger partial charge in [-0.15, -0.1) is 0 Å². The van der Waals surface area contributed by atoms with Crippen molar-refractivity contribution in [2.75, 3.05) is 32.9 Å². The van der Waals surface area contributed by atoms with E-state index in [1.807, 2.05) is 0 Å². The number of Topliss-reactive ketones (excluding diaryl/α,β-unsaturated/α-hetero) is 1. The third-order valence-corrected chi connectivity index (χ3v) is 5.64. The van der Waals surface area contributed by atoms with E-state index in [0.29, 0.717) is 41.4 Å². The standard InChI is InChI=1S/C21H26Cl2FN3O5/c1-2-25-19(29)12-26(11-15(28)10-24)20(30)18-5-3-4-8-27(18)21(31)32-13-14-6-7-16(22)17(23)9-14/h6-7,9,18H,2-5,8,10-13H2,1H3,(H,25,29). The number of hydrogen-bond donors (Lipinski definition) is 1. The van der Waals surface area contributed by atoms with Gasteiger partial charge in [-0.25, -0.2) is 9.18 Å². The number of likely N-dealkylation sites (tertiary alicyclic amines) is 1. The van der Waals surface area contributed by atoms with Gasteiger partial charge >= 0.3 is 6.09 Å². The zero-order valence-corrected chi connectivity index (χ0v) is 19.3. The number of amides is 3. The van der Waals surface area contributed by atoms with Gasteiger partial charge < -0.3 is 15.0 Å². The lowest BCUT2D eigenvalue weighted by Gasteiger charge is -2.36. The van der Waals surface area contributed by atoms with Gasteiger partial charge in [0, 0.05) is 13.1 Å². The summed E-state index contributed by atoms with van der Waals surface area (Å²) in [7, 11) is 0. The van der Waals surface area contributed by atoms with E-state index in [-0.39, 0.29) is 13.2 Å². The van der Waals surface area contributed by atoms with Crippen molar-refractivity contribution in [3.05, 3.63) is 33.8 Å². The molecule has 1 unspecified atom stereocenters. The van der Waals surface area contributed by atoms with E-state index in [1.54, 1.807) is 25.1 Å². The van der Waals surface area contributed by atoms with E-state index >= 15 is 0 Å². The van der Waals surface area contributed by atoms with Crippen molar-refractivity contribution in [3.8, 4) is 0 Å². The Morgan fingerprint density at radius 1 is 1.19 bits per heavy atom. The Hall–Kier alpha value is -2.39. The Morgan fingerprint density at radius 3 is 2.59 bits per heavy atom. The molecule has 1 aromatic rings. The van der Waals surface area contributed by atoms with Gasteiger partial charge in [-0.05, 0) is 43.9 Å². The maximum Gasteiger partial charge on any atom is 0.410 e. The summed E-state index contributed by atoms with van der Waals surface area (Å²) in [5, 5.41) is 3.24. The molecule has 0 bridgehead atoms. The second-order valence-electron chi connectivity index (χ2n) is 7.33. The Labute approximate surface area is 196 Å². The van der Waals surface area contributed by atoms with Crippen LogP contribution in [0.3, 0.4) is 0 Å². The predicted molar refractivity (Wildman–Crippen MR) is 117 cm³/mol. The van der Waals surface area contributed by atoms with Crippen molar-refractivity contribution >= 4 is 46.9 Å². The van der Waals surface area contributed by atoms with Crippen LogP contribution in [0.2, 0.25) is 10.0 Å². The van der Waals surface area contributed by atoms with E-state index in [2.05, 4.69) is 5.32 Å². The number of halogens is 3. The lowest BCUT2D eigenvalue weighted by Crippen LogP contribution is -2.55. The van der Waals surface area contributed by atoms with Gasteiger partial charge in [-0.2, -0.15) is 0 Å². The molecule has 0 saturated carbocycles. The highest BCUT2D eigenvalue weighted by Gasteiger charge is 2.36. The molecule has 1 N–H and O–H groups in total. The lowest BCUT2D eigenvalue weighted by atomic mass is 10.0. The quantitative estimate of drug-likeness (QED) is 0.575. The number of hydrogen-bond acceptors (Lipinski definition) is 5. The average Bonchev–Trinajstić information content (AvgIpc) is 2.78. The van der Waals surface area contributed by atoms with Gasteiger partial charge in [-0.3, -0.25) is 19.3 Å². The molecule has 1 saturated heterocycles. The normalized spacial score (nSPS) is 15.8. The number of alkyl halides is 1. The average molecular weight is 490 g/mol. The maximum atomic E-state index is 13.2. The molecule has 32 heavy (non-hydrogen) atoms. The van der Waals surface area contributed by atoms with Crippen LogP contribution in [-0.4, -0.2) is 72.4 Å². The minimum atomic E-state index is -1.25. The van der Waals surface area contributed by atoms with Gasteiger partial charge in [0.05, 0.1) is 16.6 Å². The number of nitrogens with one attached hydrogen (secondary N) is 1. The first-order valence-electron chi connectivity index (χ1n) is 10.3. The van der Waals surface area contributed by atoms with Crippen LogP contribution < -0.4 is 5.32 Å². The number of ether oxygens (including phenoxy) is 1. The lowest BCUT2D eigenvalue weighted by molar-refractivity contribution is -0.143. The Kier molecular flexibility index (Phi) is 10.2. The molecule has 3 amide bonds. The summed E-state index contributed by atoms with van der Waals surface area (Å²) in [5.74, 6) is -1.89. The van der Waals surface area contributed by atoms with Crippen LogP contribution in [0.4, 0.5) is 9.18 Å². The van der Waals surface area contributed by atoms with Crippen molar-refractivity contribution in [1.82, 2.24) is 15.1 Å². The molecule has 1 atom stereocenters. The summed E-state index contributed by atoms with van der Waals surface area (Å²) in [5.41, 5.74) is 0.624. The molecule has 1 heterocycles. The number of likely N-dealkylation sites (N-methyl/N-ethyl adjacent to an activating group) is 1. The van der Waals surface area contributed by atoms with Crippen LogP contribution in [0.25, 0.3) is 0 Å². The van der Waals surface area contributed by atoms with Crippen LogP contribution in [0, 0.1) is 0 Å². The van der Waals surface area contributed by atoms with Crippen molar-refractivity contribution in [2.45, 2.75) is 38.8 Å². The molecule has 11 heteroatoms. The number of nitrogens with zero attached hydrogens (tertiary/aromatic N) is 2. The molecule has 0 radical (unpaired) electrons. The molecule has 1 fully saturated rings. The second-order valence-corrected chi connectivity index (χ2v) is 8.14. The summed E-state index contributed by atoms with van der Waals surface area (Å²) in [6, 6.07) is 3.91. The first-order chi connectivity index (χ1) is 15.3. The van der Waals surface area contributed by atoms with Crippen molar-refractivity contribution < 1.29 is 28.3 Å². The summed E-state index contributed by atoms with van der Waals surface area (Å²) < 4.78 is 18.1. The minimum absolute atomic E-state index is 0.0733. The summed E-state index contributed by atoms with van der Waals surface area (Å²) in [6.45, 7) is 0.0618. The first-order valence-corrected chi connectivity index (χ1v) is 11.0. The van der Waals surface area contributed by atoms with E-state index in [4.69, 9.17) is 27.9 Å². The van der Waals surface area contributed by atoms with Crippen molar-refractivity contribution in [3.63, 3.8) is 0 Å². The molecule has 0 aliphatic carbocycles. The molecule has 0 aromatic heterocycles. The van der Waals surface area contributed by atoms with Gasteiger partial charge in [-0.1, -0.05) is 29.3 Å². The van der Waals surface area contributed by atoms with E-state index in [0.717, 1.165) is 4.90 Å². The largest absolute Gasteiger partial charge is 0.445 e. The fourth-order valence-electron chi connectivity index (χ4n) is 3.37. The molecule has 0 spiro atoms. The third kappa shape index (κ3) is 7.34. The fraction of sp³-hybridized carbons (Fsp3) is 0.524. The number of carbonyl (C=O) groups is 4. The molecule has 2 rings (SSSR count). The Bertz CT molecular complexity index is 855. The molecule has 1 aromatic carbocycles. The molecule has 176 valence electrons.